The number of furan rings is 1. The second-order valence-corrected chi connectivity index (χ2v) is 6.65. The predicted octanol–water partition coefficient (Wildman–Crippen LogP) is 1.04. The lowest BCUT2D eigenvalue weighted by molar-refractivity contribution is 0.184. The second-order valence-electron chi connectivity index (χ2n) is 4.57. The van der Waals surface area contributed by atoms with Crippen LogP contribution in [0.15, 0.2) is 21.6 Å². The maximum absolute atomic E-state index is 11.8. The summed E-state index contributed by atoms with van der Waals surface area (Å²) in [5.74, 6) is 0.602. The number of nitrogens with zero attached hydrogens (tertiary/aromatic N) is 1. The molecule has 1 heterocycles. The molecule has 0 fully saturated rings. The zero-order chi connectivity index (χ0) is 14.5. The van der Waals surface area contributed by atoms with Gasteiger partial charge in [0.15, 0.2) is 0 Å². The Morgan fingerprint density at radius 3 is 2.68 bits per heavy atom. The number of methoxy groups -OCH3 is 1. The Morgan fingerprint density at radius 1 is 1.42 bits per heavy atom. The zero-order valence-electron chi connectivity index (χ0n) is 11.8. The standard InChI is InChI=1S/C12H22N2O4S/c1-10(7-8-17-4)13-9-11-5-6-12(18-11)19(15,16)14(2)3/h5-6,10,13H,7-9H2,1-4H3. The first-order valence-electron chi connectivity index (χ1n) is 6.11. The van der Waals surface area contributed by atoms with Gasteiger partial charge in [0.25, 0.3) is 10.0 Å². The summed E-state index contributed by atoms with van der Waals surface area (Å²) in [5.41, 5.74) is 0. The number of hydrogen-bond acceptors (Lipinski definition) is 5. The molecule has 0 amide bonds. The van der Waals surface area contributed by atoms with Gasteiger partial charge in [0.2, 0.25) is 5.09 Å². The number of sulfonamides is 1. The van der Waals surface area contributed by atoms with Crippen LogP contribution in [0, 0.1) is 0 Å². The monoisotopic (exact) mass is 290 g/mol. The molecule has 7 heteroatoms. The van der Waals surface area contributed by atoms with Gasteiger partial charge in [-0.3, -0.25) is 0 Å². The van der Waals surface area contributed by atoms with Gasteiger partial charge in [0.1, 0.15) is 5.76 Å². The third-order valence-electron chi connectivity index (χ3n) is 2.75. The number of hydrogen-bond donors (Lipinski definition) is 1. The fourth-order valence-corrected chi connectivity index (χ4v) is 2.26. The lowest BCUT2D eigenvalue weighted by atomic mass is 10.2. The molecule has 1 unspecified atom stereocenters. The largest absolute Gasteiger partial charge is 0.447 e. The van der Waals surface area contributed by atoms with Crippen LogP contribution in [0.25, 0.3) is 0 Å². The Labute approximate surface area is 114 Å². The molecule has 0 aliphatic heterocycles. The Morgan fingerprint density at radius 2 is 2.11 bits per heavy atom. The summed E-state index contributed by atoms with van der Waals surface area (Å²) >= 11 is 0. The maximum Gasteiger partial charge on any atom is 0.275 e. The van der Waals surface area contributed by atoms with Crippen molar-refractivity contribution >= 4 is 10.0 Å². The van der Waals surface area contributed by atoms with Crippen LogP contribution in [0.1, 0.15) is 19.1 Å². The van der Waals surface area contributed by atoms with Gasteiger partial charge in [0.05, 0.1) is 6.54 Å². The predicted molar refractivity (Wildman–Crippen MR) is 72.4 cm³/mol. The van der Waals surface area contributed by atoms with Crippen molar-refractivity contribution in [3.63, 3.8) is 0 Å². The van der Waals surface area contributed by atoms with E-state index in [1.54, 1.807) is 13.2 Å². The van der Waals surface area contributed by atoms with E-state index in [4.69, 9.17) is 9.15 Å². The fraction of sp³-hybridized carbons (Fsp3) is 0.667. The second kappa shape index (κ2) is 7.04. The number of nitrogens with one attached hydrogen (secondary N) is 1. The lowest BCUT2D eigenvalue weighted by Crippen LogP contribution is -2.26. The molecule has 0 aliphatic carbocycles. The van der Waals surface area contributed by atoms with E-state index in [1.807, 2.05) is 6.92 Å². The van der Waals surface area contributed by atoms with Crippen molar-refractivity contribution < 1.29 is 17.6 Å². The molecule has 0 saturated heterocycles. The number of ether oxygens (including phenoxy) is 1. The van der Waals surface area contributed by atoms with Gasteiger partial charge in [-0.25, -0.2) is 12.7 Å². The molecule has 0 bridgehead atoms. The fourth-order valence-electron chi connectivity index (χ4n) is 1.44. The molecule has 1 N–H and O–H groups in total. The summed E-state index contributed by atoms with van der Waals surface area (Å²) < 4.78 is 35.1. The molecule has 0 spiro atoms. The van der Waals surface area contributed by atoms with Crippen LogP contribution in [0.5, 0.6) is 0 Å². The van der Waals surface area contributed by atoms with Crippen LogP contribution in [0.2, 0.25) is 0 Å². The van der Waals surface area contributed by atoms with Gasteiger partial charge in [-0.05, 0) is 25.5 Å². The summed E-state index contributed by atoms with van der Waals surface area (Å²) in [4.78, 5) is 0. The van der Waals surface area contributed by atoms with Crippen LogP contribution in [-0.4, -0.2) is 46.6 Å². The quantitative estimate of drug-likeness (QED) is 0.774. The minimum absolute atomic E-state index is 0.0288. The first kappa shape index (κ1) is 16.2. The van der Waals surface area contributed by atoms with E-state index in [2.05, 4.69) is 5.32 Å². The Hall–Kier alpha value is -0.890. The molecule has 110 valence electrons. The Balaban J connectivity index is 2.57. The van der Waals surface area contributed by atoms with Crippen LogP contribution in [0.3, 0.4) is 0 Å². The van der Waals surface area contributed by atoms with Crippen LogP contribution in [0.4, 0.5) is 0 Å². The minimum atomic E-state index is -3.49. The molecular weight excluding hydrogens is 268 g/mol. The first-order chi connectivity index (χ1) is 8.87. The van der Waals surface area contributed by atoms with E-state index >= 15 is 0 Å². The van der Waals surface area contributed by atoms with Gasteiger partial charge in [-0.1, -0.05) is 0 Å². The highest BCUT2D eigenvalue weighted by Gasteiger charge is 2.21. The van der Waals surface area contributed by atoms with Gasteiger partial charge >= 0.3 is 0 Å². The average molecular weight is 290 g/mol. The molecule has 19 heavy (non-hydrogen) atoms. The molecule has 1 aromatic heterocycles. The molecule has 1 rings (SSSR count). The van der Waals surface area contributed by atoms with Gasteiger partial charge in [-0.2, -0.15) is 0 Å². The summed E-state index contributed by atoms with van der Waals surface area (Å²) in [6.07, 6.45) is 0.889. The molecule has 0 aromatic carbocycles. The molecule has 1 atom stereocenters. The SMILES string of the molecule is COCCC(C)NCc1ccc(S(=O)(=O)N(C)C)o1. The highest BCUT2D eigenvalue weighted by Crippen LogP contribution is 2.16. The van der Waals surface area contributed by atoms with E-state index in [0.717, 1.165) is 10.7 Å². The van der Waals surface area contributed by atoms with E-state index < -0.39 is 10.0 Å². The number of rotatable bonds is 8. The van der Waals surface area contributed by atoms with Gasteiger partial charge < -0.3 is 14.5 Å². The van der Waals surface area contributed by atoms with Crippen LogP contribution < -0.4 is 5.32 Å². The van der Waals surface area contributed by atoms with Crippen LogP contribution >= 0.6 is 0 Å². The smallest absolute Gasteiger partial charge is 0.275 e. The van der Waals surface area contributed by atoms with Gasteiger partial charge in [0, 0.05) is 33.9 Å². The van der Waals surface area contributed by atoms with E-state index in [1.165, 1.54) is 20.2 Å². The highest BCUT2D eigenvalue weighted by atomic mass is 32.2. The van der Waals surface area contributed by atoms with Crippen molar-refractivity contribution in [1.29, 1.82) is 0 Å². The summed E-state index contributed by atoms with van der Waals surface area (Å²) in [7, 11) is 1.12. The third-order valence-corrected chi connectivity index (χ3v) is 4.44. The molecule has 0 saturated carbocycles. The first-order valence-corrected chi connectivity index (χ1v) is 7.55. The Kier molecular flexibility index (Phi) is 5.99. The third kappa shape index (κ3) is 4.61. The van der Waals surface area contributed by atoms with Crippen molar-refractivity contribution in [2.24, 2.45) is 0 Å². The average Bonchev–Trinajstić information content (AvgIpc) is 2.83. The summed E-state index contributed by atoms with van der Waals surface area (Å²) in [6.45, 7) is 3.22. The normalized spacial score (nSPS) is 13.9. The van der Waals surface area contributed by atoms with E-state index in [0.29, 0.717) is 18.9 Å². The van der Waals surface area contributed by atoms with Gasteiger partial charge in [-0.15, -0.1) is 0 Å². The van der Waals surface area contributed by atoms with Crippen molar-refractivity contribution in [3.05, 3.63) is 17.9 Å². The molecule has 1 aromatic rings. The molecule has 0 aliphatic rings. The molecular formula is C12H22N2O4S. The van der Waals surface area contributed by atoms with Crippen LogP contribution in [-0.2, 0) is 21.3 Å². The topological polar surface area (TPSA) is 71.8 Å². The van der Waals surface area contributed by atoms with Crippen molar-refractivity contribution in [2.75, 3.05) is 27.8 Å². The molecule has 0 radical (unpaired) electrons. The Bertz CT molecular complexity index is 482. The minimum Gasteiger partial charge on any atom is -0.447 e. The van der Waals surface area contributed by atoms with Crippen molar-refractivity contribution in [2.45, 2.75) is 31.0 Å². The van der Waals surface area contributed by atoms with E-state index in [-0.39, 0.29) is 11.1 Å². The molecule has 6 nitrogen and oxygen atoms in total. The summed E-state index contributed by atoms with van der Waals surface area (Å²) in [5, 5.41) is 3.22. The van der Waals surface area contributed by atoms with Crippen molar-refractivity contribution in [1.82, 2.24) is 9.62 Å². The maximum atomic E-state index is 11.8. The highest BCUT2D eigenvalue weighted by molar-refractivity contribution is 7.88. The lowest BCUT2D eigenvalue weighted by Gasteiger charge is -2.12. The van der Waals surface area contributed by atoms with Crippen molar-refractivity contribution in [3.8, 4) is 0 Å². The summed E-state index contributed by atoms with van der Waals surface area (Å²) in [6, 6.07) is 3.43. The van der Waals surface area contributed by atoms with E-state index in [9.17, 15) is 8.42 Å². The zero-order valence-corrected chi connectivity index (χ0v) is 12.7.